The molecule has 0 bridgehead atoms. The molecular formula is C10H12N2O. The minimum Gasteiger partial charge on any atom is -0.384 e. The second kappa shape index (κ2) is 3.09. The molecule has 0 radical (unpaired) electrons. The Labute approximate surface area is 77.1 Å². The Morgan fingerprint density at radius 1 is 1.54 bits per heavy atom. The number of fused-ring (bicyclic) bond motifs is 1. The van der Waals surface area contributed by atoms with Gasteiger partial charge in [0.25, 0.3) is 5.91 Å². The van der Waals surface area contributed by atoms with Crippen LogP contribution in [0, 0.1) is 0 Å². The molecule has 1 aliphatic heterocycles. The van der Waals surface area contributed by atoms with Gasteiger partial charge in [0.1, 0.15) is 0 Å². The Hall–Kier alpha value is -1.51. The van der Waals surface area contributed by atoms with Crippen molar-refractivity contribution in [2.75, 3.05) is 18.9 Å². The van der Waals surface area contributed by atoms with Crippen LogP contribution in [0.1, 0.15) is 15.9 Å². The molecule has 3 nitrogen and oxygen atoms in total. The Balaban J connectivity index is 2.47. The summed E-state index contributed by atoms with van der Waals surface area (Å²) < 4.78 is 0. The molecule has 0 unspecified atom stereocenters. The van der Waals surface area contributed by atoms with Crippen LogP contribution in [0.3, 0.4) is 0 Å². The van der Waals surface area contributed by atoms with Crippen LogP contribution in [0.4, 0.5) is 5.69 Å². The molecule has 0 fully saturated rings. The van der Waals surface area contributed by atoms with Gasteiger partial charge in [0.15, 0.2) is 0 Å². The molecule has 3 heteroatoms. The lowest BCUT2D eigenvalue weighted by Crippen LogP contribution is -2.19. The summed E-state index contributed by atoms with van der Waals surface area (Å²) in [6.45, 7) is 0.934. The van der Waals surface area contributed by atoms with E-state index in [1.165, 1.54) is 0 Å². The quantitative estimate of drug-likeness (QED) is 0.670. The number of amides is 1. The third-order valence-electron chi connectivity index (χ3n) is 2.34. The van der Waals surface area contributed by atoms with E-state index in [1.807, 2.05) is 18.2 Å². The highest BCUT2D eigenvalue weighted by atomic mass is 16.1. The average Bonchev–Trinajstić information content (AvgIpc) is 2.63. The predicted octanol–water partition coefficient (Wildman–Crippen LogP) is 1.01. The van der Waals surface area contributed by atoms with E-state index in [2.05, 4.69) is 10.6 Å². The summed E-state index contributed by atoms with van der Waals surface area (Å²) in [5, 5.41) is 5.88. The van der Waals surface area contributed by atoms with Gasteiger partial charge in [-0.2, -0.15) is 0 Å². The largest absolute Gasteiger partial charge is 0.384 e. The van der Waals surface area contributed by atoms with E-state index >= 15 is 0 Å². The van der Waals surface area contributed by atoms with Crippen molar-refractivity contribution in [3.05, 3.63) is 29.3 Å². The highest BCUT2D eigenvalue weighted by Gasteiger charge is 2.16. The summed E-state index contributed by atoms with van der Waals surface area (Å²) in [6, 6.07) is 5.78. The number of carbonyl (C=O) groups excluding carboxylic acids is 1. The molecule has 0 atom stereocenters. The number of benzene rings is 1. The van der Waals surface area contributed by atoms with E-state index in [9.17, 15) is 4.79 Å². The minimum atomic E-state index is 0.000509. The molecule has 0 aliphatic carbocycles. The van der Waals surface area contributed by atoms with Crippen molar-refractivity contribution in [2.24, 2.45) is 0 Å². The van der Waals surface area contributed by atoms with Crippen LogP contribution in [0.25, 0.3) is 0 Å². The van der Waals surface area contributed by atoms with E-state index in [0.717, 1.165) is 29.8 Å². The number of hydrogen-bond donors (Lipinski definition) is 2. The lowest BCUT2D eigenvalue weighted by atomic mass is 10.0. The van der Waals surface area contributed by atoms with Crippen LogP contribution >= 0.6 is 0 Å². The standard InChI is InChI=1S/C10H12N2O/c1-11-10(13)8-3-2-4-9-7(8)5-6-12-9/h2-4,12H,5-6H2,1H3,(H,11,13). The van der Waals surface area contributed by atoms with Crippen molar-refractivity contribution in [3.8, 4) is 0 Å². The maximum absolute atomic E-state index is 11.4. The fourth-order valence-corrected chi connectivity index (χ4v) is 1.69. The summed E-state index contributed by atoms with van der Waals surface area (Å²) in [4.78, 5) is 11.4. The molecule has 0 aromatic heterocycles. The Kier molecular flexibility index (Phi) is 1.93. The van der Waals surface area contributed by atoms with Gasteiger partial charge in [0, 0.05) is 24.8 Å². The summed E-state index contributed by atoms with van der Waals surface area (Å²) in [6.07, 6.45) is 0.943. The molecule has 1 heterocycles. The molecule has 0 spiro atoms. The molecule has 68 valence electrons. The molecule has 1 aromatic carbocycles. The van der Waals surface area contributed by atoms with Gasteiger partial charge in [-0.25, -0.2) is 0 Å². The first kappa shape index (κ1) is 8.10. The van der Waals surface area contributed by atoms with E-state index in [1.54, 1.807) is 7.05 Å². The molecule has 0 saturated carbocycles. The first-order chi connectivity index (χ1) is 6.33. The van der Waals surface area contributed by atoms with Crippen LogP contribution < -0.4 is 10.6 Å². The average molecular weight is 176 g/mol. The molecule has 1 aromatic rings. The summed E-state index contributed by atoms with van der Waals surface area (Å²) in [5.74, 6) is 0.000509. The van der Waals surface area contributed by atoms with Gasteiger partial charge in [-0.05, 0) is 24.1 Å². The van der Waals surface area contributed by atoms with Gasteiger partial charge in [-0.1, -0.05) is 6.07 Å². The van der Waals surface area contributed by atoms with E-state index < -0.39 is 0 Å². The van der Waals surface area contributed by atoms with Gasteiger partial charge in [0.05, 0.1) is 0 Å². The minimum absolute atomic E-state index is 0.000509. The molecule has 0 saturated heterocycles. The zero-order valence-electron chi connectivity index (χ0n) is 7.55. The highest BCUT2D eigenvalue weighted by molar-refractivity contribution is 5.97. The van der Waals surface area contributed by atoms with E-state index in [-0.39, 0.29) is 5.91 Å². The number of nitrogens with one attached hydrogen (secondary N) is 2. The second-order valence-electron chi connectivity index (χ2n) is 3.09. The first-order valence-electron chi connectivity index (χ1n) is 4.41. The van der Waals surface area contributed by atoms with Crippen LogP contribution in [0.15, 0.2) is 18.2 Å². The number of rotatable bonds is 1. The number of hydrogen-bond acceptors (Lipinski definition) is 2. The van der Waals surface area contributed by atoms with Gasteiger partial charge < -0.3 is 10.6 Å². The van der Waals surface area contributed by atoms with Gasteiger partial charge >= 0.3 is 0 Å². The summed E-state index contributed by atoms with van der Waals surface area (Å²) in [7, 11) is 1.66. The number of anilines is 1. The van der Waals surface area contributed by atoms with Crippen LogP contribution in [-0.2, 0) is 6.42 Å². The van der Waals surface area contributed by atoms with Gasteiger partial charge in [0.2, 0.25) is 0 Å². The smallest absolute Gasteiger partial charge is 0.251 e. The lowest BCUT2D eigenvalue weighted by molar-refractivity contribution is 0.0962. The second-order valence-corrected chi connectivity index (χ2v) is 3.09. The van der Waals surface area contributed by atoms with Crippen LogP contribution in [0.5, 0.6) is 0 Å². The van der Waals surface area contributed by atoms with Gasteiger partial charge in [-0.3, -0.25) is 4.79 Å². The van der Waals surface area contributed by atoms with Crippen LogP contribution in [-0.4, -0.2) is 19.5 Å². The predicted molar refractivity (Wildman–Crippen MR) is 52.0 cm³/mol. The normalized spacial score (nSPS) is 13.3. The highest BCUT2D eigenvalue weighted by Crippen LogP contribution is 2.25. The molecular weight excluding hydrogens is 164 g/mol. The topological polar surface area (TPSA) is 41.1 Å². The molecule has 1 amide bonds. The van der Waals surface area contributed by atoms with E-state index in [4.69, 9.17) is 0 Å². The molecule has 2 rings (SSSR count). The Morgan fingerprint density at radius 3 is 3.15 bits per heavy atom. The zero-order valence-corrected chi connectivity index (χ0v) is 7.55. The Bertz CT molecular complexity index is 347. The SMILES string of the molecule is CNC(=O)c1cccc2c1CCN2. The molecule has 1 aliphatic rings. The molecule has 2 N–H and O–H groups in total. The van der Waals surface area contributed by atoms with Crippen molar-refractivity contribution in [3.63, 3.8) is 0 Å². The number of carbonyl (C=O) groups is 1. The van der Waals surface area contributed by atoms with Crippen molar-refractivity contribution in [2.45, 2.75) is 6.42 Å². The Morgan fingerprint density at radius 2 is 2.38 bits per heavy atom. The van der Waals surface area contributed by atoms with Crippen molar-refractivity contribution >= 4 is 11.6 Å². The van der Waals surface area contributed by atoms with E-state index in [0.29, 0.717) is 0 Å². The van der Waals surface area contributed by atoms with Crippen LogP contribution in [0.2, 0.25) is 0 Å². The summed E-state index contributed by atoms with van der Waals surface area (Å²) >= 11 is 0. The summed E-state index contributed by atoms with van der Waals surface area (Å²) in [5.41, 5.74) is 3.04. The third-order valence-corrected chi connectivity index (χ3v) is 2.34. The molecule has 13 heavy (non-hydrogen) atoms. The maximum atomic E-state index is 11.4. The third kappa shape index (κ3) is 1.26. The maximum Gasteiger partial charge on any atom is 0.251 e. The zero-order chi connectivity index (χ0) is 9.26. The lowest BCUT2D eigenvalue weighted by Gasteiger charge is -2.05. The fourth-order valence-electron chi connectivity index (χ4n) is 1.69. The van der Waals surface area contributed by atoms with Crippen molar-refractivity contribution < 1.29 is 4.79 Å². The van der Waals surface area contributed by atoms with Crippen molar-refractivity contribution in [1.82, 2.24) is 5.32 Å². The van der Waals surface area contributed by atoms with Gasteiger partial charge in [-0.15, -0.1) is 0 Å². The monoisotopic (exact) mass is 176 g/mol. The first-order valence-corrected chi connectivity index (χ1v) is 4.41. The fraction of sp³-hybridized carbons (Fsp3) is 0.300. The van der Waals surface area contributed by atoms with Crippen molar-refractivity contribution in [1.29, 1.82) is 0 Å².